The predicted molar refractivity (Wildman–Crippen MR) is 232 cm³/mol. The van der Waals surface area contributed by atoms with E-state index in [2.05, 4.69) is 45.6 Å². The van der Waals surface area contributed by atoms with Crippen molar-refractivity contribution in [2.75, 3.05) is 47.8 Å². The number of hydrogen-bond acceptors (Lipinski definition) is 19. The van der Waals surface area contributed by atoms with E-state index in [1.54, 1.807) is 26.0 Å². The molecule has 0 spiro atoms. The highest BCUT2D eigenvalue weighted by atomic mass is 19.1. The molecular weight excluding hydrogens is 915 g/mol. The largest absolute Gasteiger partial charge is 0.494 e. The topological polar surface area (TPSA) is 272 Å². The number of hydrogen-bond donors (Lipinski definition) is 3. The van der Waals surface area contributed by atoms with Crippen molar-refractivity contribution in [3.63, 3.8) is 0 Å². The molecule has 8 rings (SSSR count). The zero-order valence-corrected chi connectivity index (χ0v) is 37.9. The van der Waals surface area contributed by atoms with Gasteiger partial charge >= 0.3 is 11.9 Å². The molecule has 366 valence electrons. The number of benzene rings is 2. The van der Waals surface area contributed by atoms with Crippen molar-refractivity contribution in [1.29, 1.82) is 0 Å². The minimum atomic E-state index is -0.983. The highest BCUT2D eigenvalue weighted by molar-refractivity contribution is 6.02. The maximum Gasteiger partial charge on any atom is 0.337 e. The van der Waals surface area contributed by atoms with Gasteiger partial charge in [0.05, 0.1) is 59.1 Å². The summed E-state index contributed by atoms with van der Waals surface area (Å²) in [5, 5.41) is 22.7. The van der Waals surface area contributed by atoms with Gasteiger partial charge in [-0.05, 0) is 61.4 Å². The van der Waals surface area contributed by atoms with Crippen LogP contribution in [-0.4, -0.2) is 139 Å². The van der Waals surface area contributed by atoms with Crippen molar-refractivity contribution in [2.45, 2.75) is 70.5 Å². The summed E-state index contributed by atoms with van der Waals surface area (Å²) in [6.45, 7) is 3.88. The Balaban J connectivity index is 0.000000204. The van der Waals surface area contributed by atoms with Crippen molar-refractivity contribution in [3.8, 4) is 11.5 Å². The summed E-state index contributed by atoms with van der Waals surface area (Å²) < 4.78 is 63.9. The van der Waals surface area contributed by atoms with Crippen molar-refractivity contribution in [3.05, 3.63) is 106 Å². The number of methoxy groups -OCH3 is 3. The van der Waals surface area contributed by atoms with E-state index in [1.807, 2.05) is 0 Å². The Morgan fingerprint density at radius 2 is 1.16 bits per heavy atom. The fourth-order valence-electron chi connectivity index (χ4n) is 7.15. The first-order chi connectivity index (χ1) is 33.2. The average molecular weight is 963 g/mol. The van der Waals surface area contributed by atoms with Crippen LogP contribution in [0.15, 0.2) is 58.8 Å². The van der Waals surface area contributed by atoms with Crippen LogP contribution in [0.2, 0.25) is 0 Å². The molecule has 0 aliphatic carbocycles. The first-order valence-electron chi connectivity index (χ1n) is 21.4. The zero-order valence-electron chi connectivity index (χ0n) is 37.9. The molecule has 4 aromatic rings. The first-order valence-corrected chi connectivity index (χ1v) is 21.4. The molecule has 2 amide bonds. The lowest BCUT2D eigenvalue weighted by Gasteiger charge is -2.30. The van der Waals surface area contributed by atoms with Gasteiger partial charge < -0.3 is 58.6 Å². The third kappa shape index (κ3) is 12.6. The van der Waals surface area contributed by atoms with Crippen LogP contribution in [0, 0.1) is 31.4 Å². The lowest BCUT2D eigenvalue weighted by Crippen LogP contribution is -2.45. The summed E-state index contributed by atoms with van der Waals surface area (Å²) in [6, 6.07) is 11.7. The average Bonchev–Trinajstić information content (AvgIpc) is 4.07. The molecule has 4 aliphatic heterocycles. The first kappa shape index (κ1) is 49.6. The molecule has 24 heteroatoms. The zero-order chi connectivity index (χ0) is 49.2. The number of aryl methyl sites for hydroxylation is 2. The maximum atomic E-state index is 13.6. The Hall–Kier alpha value is -7.28. The summed E-state index contributed by atoms with van der Waals surface area (Å²) in [6.07, 6.45) is -2.25. The summed E-state index contributed by atoms with van der Waals surface area (Å²) in [5.41, 5.74) is 3.52. The van der Waals surface area contributed by atoms with E-state index in [0.717, 1.165) is 0 Å². The molecule has 4 atom stereocenters. The number of esters is 1. The highest BCUT2D eigenvalue weighted by Gasteiger charge is 2.39. The fraction of sp³-hybridized carbons (Fsp3) is 0.422. The van der Waals surface area contributed by atoms with E-state index in [0.29, 0.717) is 58.4 Å². The van der Waals surface area contributed by atoms with Crippen LogP contribution < -0.4 is 20.1 Å². The normalized spacial score (nSPS) is 21.8. The van der Waals surface area contributed by atoms with Gasteiger partial charge in [-0.15, -0.1) is 0 Å². The van der Waals surface area contributed by atoms with E-state index in [9.17, 15) is 28.0 Å². The summed E-state index contributed by atoms with van der Waals surface area (Å²) >= 11 is 0. The molecule has 2 saturated heterocycles. The molecule has 3 N–H and O–H groups in total. The van der Waals surface area contributed by atoms with E-state index >= 15 is 0 Å². The maximum absolute atomic E-state index is 13.6. The number of nitrogens with one attached hydrogen (secondary N) is 2. The van der Waals surface area contributed by atoms with Gasteiger partial charge in [-0.25, -0.2) is 33.5 Å². The molecule has 2 aromatic carbocycles. The Labute approximate surface area is 392 Å². The highest BCUT2D eigenvalue weighted by Crippen LogP contribution is 2.26. The lowest BCUT2D eigenvalue weighted by atomic mass is 10.0. The molecule has 69 heavy (non-hydrogen) atoms. The van der Waals surface area contributed by atoms with Gasteiger partial charge in [-0.3, -0.25) is 14.4 Å². The molecule has 2 aromatic heterocycles. The Morgan fingerprint density at radius 1 is 0.652 bits per heavy atom. The summed E-state index contributed by atoms with van der Waals surface area (Å²) in [4.78, 5) is 76.1. The molecule has 0 unspecified atom stereocenters. The van der Waals surface area contributed by atoms with Gasteiger partial charge in [0.15, 0.2) is 47.7 Å². The number of carbonyl (C=O) groups is 4. The second-order valence-corrected chi connectivity index (χ2v) is 15.7. The number of carboxylic acids is 1. The van der Waals surface area contributed by atoms with Crippen LogP contribution in [0.25, 0.3) is 0 Å². The van der Waals surface area contributed by atoms with Gasteiger partial charge in [0.1, 0.15) is 46.5 Å². The van der Waals surface area contributed by atoms with Crippen LogP contribution in [0.3, 0.4) is 0 Å². The van der Waals surface area contributed by atoms with Crippen LogP contribution in [-0.2, 0) is 56.0 Å². The molecule has 0 saturated carbocycles. The standard InChI is InChI=1S/C23H25FN4O7.C22H23FN4O7/c1-12-26-15(16-8-19(35-28-16)20-10-34-21(11-33-20)23(30)32-3)7-17(27-12)22(29)25-9-13-4-5-14(24)18(6-13)31-2;1-11-25-15(16-7-19(34-27-16)22-32-9-13(10-33-22)21(29)30)6-17(26-11)20(28)24-8-12-3-4-14(23)18(5-12)31-2/h4-7,19-21H,8-11H2,1-3H3,(H,25,29);3-6,13,19,22H,7-10H2,1-2H3,(H,24,28)(H,29,30)/t19-,20+,21-;13?,19-,22?/m00/s1. The van der Waals surface area contributed by atoms with Crippen molar-refractivity contribution in [1.82, 2.24) is 30.6 Å². The van der Waals surface area contributed by atoms with Gasteiger partial charge in [0.2, 0.25) is 0 Å². The Bertz CT molecular complexity index is 2610. The van der Waals surface area contributed by atoms with E-state index in [4.69, 9.17) is 43.2 Å². The van der Waals surface area contributed by atoms with E-state index in [1.165, 1.54) is 57.7 Å². The molecule has 0 bridgehead atoms. The monoisotopic (exact) mass is 962 g/mol. The van der Waals surface area contributed by atoms with E-state index < -0.39 is 72.0 Å². The Kier molecular flexibility index (Phi) is 16.3. The minimum Gasteiger partial charge on any atom is -0.494 e. The number of oxime groups is 2. The molecule has 4 aliphatic rings. The number of carboxylic acid groups (broad SMARTS) is 1. The lowest BCUT2D eigenvalue weighted by molar-refractivity contribution is -0.244. The molecule has 6 heterocycles. The summed E-state index contributed by atoms with van der Waals surface area (Å²) in [7, 11) is 4.03. The number of halogens is 2. The van der Waals surface area contributed by atoms with Crippen molar-refractivity contribution in [2.24, 2.45) is 16.2 Å². The minimum absolute atomic E-state index is 0.0199. The van der Waals surface area contributed by atoms with Gasteiger partial charge in [0.25, 0.3) is 11.8 Å². The SMILES string of the molecule is COC(=O)[C@@H]1CO[C@@H]([C@@H]2CC(c3cc(C(=O)NCc4ccc(F)c(OC)c4)nc(C)n3)=NO2)CO1.COc1cc(CNC(=O)c2cc(C3=NO[C@H](C4OCC(C(=O)O)CO4)C3)nc(C)n2)ccc1F. The van der Waals surface area contributed by atoms with Crippen molar-refractivity contribution < 1.29 is 75.9 Å². The quantitative estimate of drug-likeness (QED) is 0.153. The van der Waals surface area contributed by atoms with Crippen LogP contribution in [0.1, 0.15) is 68.0 Å². The second-order valence-electron chi connectivity index (χ2n) is 15.7. The predicted octanol–water partition coefficient (Wildman–Crippen LogP) is 2.74. The number of amides is 2. The van der Waals surface area contributed by atoms with Crippen LogP contribution >= 0.6 is 0 Å². The van der Waals surface area contributed by atoms with Crippen molar-refractivity contribution >= 4 is 35.2 Å². The number of ether oxygens (including phenoxy) is 7. The molecular formula is C45H48F2N8O14. The molecule has 2 fully saturated rings. The molecule has 22 nitrogen and oxygen atoms in total. The third-order valence-electron chi connectivity index (χ3n) is 10.8. The van der Waals surface area contributed by atoms with E-state index in [-0.39, 0.29) is 62.4 Å². The third-order valence-corrected chi connectivity index (χ3v) is 10.8. The van der Waals surface area contributed by atoms with Gasteiger partial charge in [-0.1, -0.05) is 22.4 Å². The molecule has 0 radical (unpaired) electrons. The van der Waals surface area contributed by atoms with Crippen LogP contribution in [0.5, 0.6) is 11.5 Å². The van der Waals surface area contributed by atoms with Gasteiger partial charge in [0, 0.05) is 25.9 Å². The smallest absolute Gasteiger partial charge is 0.337 e. The van der Waals surface area contributed by atoms with Crippen LogP contribution in [0.4, 0.5) is 8.78 Å². The van der Waals surface area contributed by atoms with Gasteiger partial charge in [-0.2, -0.15) is 0 Å². The fourth-order valence-corrected chi connectivity index (χ4v) is 7.15. The number of aromatic nitrogens is 4. The number of aliphatic carboxylic acids is 1. The number of rotatable bonds is 14. The number of nitrogens with zero attached hydrogens (tertiary/aromatic N) is 6. The Morgan fingerprint density at radius 3 is 1.62 bits per heavy atom. The summed E-state index contributed by atoms with van der Waals surface area (Å²) in [5.74, 6) is -3.09. The second kappa shape index (κ2) is 22.7. The number of carbonyl (C=O) groups excluding carboxylic acids is 3.